The monoisotopic (exact) mass is 356 g/mol. The van der Waals surface area contributed by atoms with E-state index < -0.39 is 5.63 Å². The van der Waals surface area contributed by atoms with Crippen LogP contribution in [0.2, 0.25) is 0 Å². The van der Waals surface area contributed by atoms with Crippen LogP contribution in [0.1, 0.15) is 20.3 Å². The smallest absolute Gasteiger partial charge is 0.336 e. The van der Waals surface area contributed by atoms with Crippen molar-refractivity contribution < 1.29 is 23.4 Å². The SMILES string of the molecule is COc1c(OC/C=C(\C)C[C@@H]2C=C(C)C(=O)O2)ccc2ccc(=O)oc12. The standard InChI is InChI=1S/C20H20O6/c1-12(10-15-11-13(2)20(22)25-15)8-9-24-16-6-4-14-5-7-17(21)26-18(14)19(16)23-3/h4-8,11,15H,9-10H2,1-3H3/b12-8+/t15-/m1/s1. The molecule has 0 saturated carbocycles. The third-order valence-electron chi connectivity index (χ3n) is 4.12. The molecule has 0 bridgehead atoms. The Kier molecular flexibility index (Phi) is 5.11. The summed E-state index contributed by atoms with van der Waals surface area (Å²) in [6.07, 6.45) is 4.15. The predicted octanol–water partition coefficient (Wildman–Crippen LogP) is 3.39. The number of hydrogen-bond acceptors (Lipinski definition) is 6. The number of hydrogen-bond donors (Lipinski definition) is 0. The van der Waals surface area contributed by atoms with Gasteiger partial charge in [0.1, 0.15) is 12.7 Å². The molecular weight excluding hydrogens is 336 g/mol. The molecular formula is C20H20O6. The van der Waals surface area contributed by atoms with Crippen LogP contribution in [0.15, 0.2) is 56.8 Å². The fourth-order valence-corrected chi connectivity index (χ4v) is 2.78. The van der Waals surface area contributed by atoms with E-state index in [0.717, 1.165) is 11.0 Å². The highest BCUT2D eigenvalue weighted by Crippen LogP contribution is 2.34. The molecule has 6 nitrogen and oxygen atoms in total. The van der Waals surface area contributed by atoms with Gasteiger partial charge in [0, 0.05) is 23.4 Å². The molecule has 0 amide bonds. The van der Waals surface area contributed by atoms with Gasteiger partial charge >= 0.3 is 11.6 Å². The molecule has 136 valence electrons. The van der Waals surface area contributed by atoms with Crippen molar-refractivity contribution in [2.75, 3.05) is 13.7 Å². The lowest BCUT2D eigenvalue weighted by molar-refractivity contribution is -0.139. The number of carbonyl (C=O) groups is 1. The Bertz CT molecular complexity index is 950. The van der Waals surface area contributed by atoms with E-state index in [-0.39, 0.29) is 12.1 Å². The van der Waals surface area contributed by atoms with E-state index in [2.05, 4.69) is 0 Å². The maximum atomic E-state index is 11.5. The van der Waals surface area contributed by atoms with Gasteiger partial charge in [0.05, 0.1) is 7.11 Å². The largest absolute Gasteiger partial charge is 0.490 e. The zero-order chi connectivity index (χ0) is 18.7. The summed E-state index contributed by atoms with van der Waals surface area (Å²) in [6.45, 7) is 4.01. The van der Waals surface area contributed by atoms with Gasteiger partial charge in [-0.2, -0.15) is 0 Å². The molecule has 1 aliphatic heterocycles. The second kappa shape index (κ2) is 7.47. The summed E-state index contributed by atoms with van der Waals surface area (Å²) in [7, 11) is 1.50. The second-order valence-corrected chi connectivity index (χ2v) is 6.13. The molecule has 0 aliphatic carbocycles. The van der Waals surface area contributed by atoms with Crippen molar-refractivity contribution in [3.05, 3.63) is 58.0 Å². The summed E-state index contributed by atoms with van der Waals surface area (Å²) in [5, 5.41) is 0.755. The number of ether oxygens (including phenoxy) is 3. The van der Waals surface area contributed by atoms with Gasteiger partial charge in [0.25, 0.3) is 0 Å². The van der Waals surface area contributed by atoms with E-state index in [1.165, 1.54) is 13.2 Å². The first-order valence-corrected chi connectivity index (χ1v) is 8.26. The van der Waals surface area contributed by atoms with E-state index in [1.54, 1.807) is 25.1 Å². The molecule has 0 saturated heterocycles. The van der Waals surface area contributed by atoms with Crippen molar-refractivity contribution >= 4 is 16.9 Å². The van der Waals surface area contributed by atoms with Gasteiger partial charge in [-0.05, 0) is 44.2 Å². The number of rotatable bonds is 6. The van der Waals surface area contributed by atoms with E-state index in [9.17, 15) is 9.59 Å². The Balaban J connectivity index is 1.69. The third-order valence-corrected chi connectivity index (χ3v) is 4.12. The second-order valence-electron chi connectivity index (χ2n) is 6.13. The summed E-state index contributed by atoms with van der Waals surface area (Å²) in [5.41, 5.74) is 1.59. The first-order chi connectivity index (χ1) is 12.5. The lowest BCUT2D eigenvalue weighted by Crippen LogP contribution is -2.08. The maximum absolute atomic E-state index is 11.5. The van der Waals surface area contributed by atoms with Crippen molar-refractivity contribution in [2.45, 2.75) is 26.4 Å². The highest BCUT2D eigenvalue weighted by atomic mass is 16.5. The zero-order valence-corrected chi connectivity index (χ0v) is 14.9. The normalized spacial score (nSPS) is 17.2. The van der Waals surface area contributed by atoms with E-state index >= 15 is 0 Å². The summed E-state index contributed by atoms with van der Waals surface area (Å²) < 4.78 is 21.6. The highest BCUT2D eigenvalue weighted by Gasteiger charge is 2.22. The van der Waals surface area contributed by atoms with Gasteiger partial charge in [-0.1, -0.05) is 5.57 Å². The van der Waals surface area contributed by atoms with Gasteiger partial charge < -0.3 is 18.6 Å². The van der Waals surface area contributed by atoms with Crippen molar-refractivity contribution in [1.82, 2.24) is 0 Å². The minimum Gasteiger partial charge on any atom is -0.490 e. The van der Waals surface area contributed by atoms with Crippen LogP contribution in [0.3, 0.4) is 0 Å². The van der Waals surface area contributed by atoms with Crippen molar-refractivity contribution in [3.63, 3.8) is 0 Å². The van der Waals surface area contributed by atoms with E-state index in [4.69, 9.17) is 18.6 Å². The summed E-state index contributed by atoms with van der Waals surface area (Å²) >= 11 is 0. The van der Waals surface area contributed by atoms with Crippen LogP contribution in [0, 0.1) is 0 Å². The molecule has 2 heterocycles. The Labute approximate surface area is 150 Å². The molecule has 1 aromatic carbocycles. The summed E-state index contributed by atoms with van der Waals surface area (Å²) in [6, 6.07) is 6.61. The number of fused-ring (bicyclic) bond motifs is 1. The minimum atomic E-state index is -0.446. The molecule has 0 spiro atoms. The van der Waals surface area contributed by atoms with Gasteiger partial charge in [-0.25, -0.2) is 9.59 Å². The van der Waals surface area contributed by atoms with Gasteiger partial charge in [0.15, 0.2) is 11.3 Å². The Morgan fingerprint density at radius 3 is 2.69 bits per heavy atom. The van der Waals surface area contributed by atoms with Gasteiger partial charge in [-0.15, -0.1) is 0 Å². The van der Waals surface area contributed by atoms with Crippen LogP contribution in [-0.2, 0) is 9.53 Å². The third kappa shape index (κ3) is 3.79. The van der Waals surface area contributed by atoms with E-state index in [1.807, 2.05) is 19.1 Å². The quantitative estimate of drug-likeness (QED) is 0.449. The van der Waals surface area contributed by atoms with E-state index in [0.29, 0.717) is 35.7 Å². The van der Waals surface area contributed by atoms with Crippen LogP contribution >= 0.6 is 0 Å². The van der Waals surface area contributed by atoms with Crippen molar-refractivity contribution in [1.29, 1.82) is 0 Å². The number of benzene rings is 1. The molecule has 0 fully saturated rings. The zero-order valence-electron chi connectivity index (χ0n) is 14.9. The number of esters is 1. The van der Waals surface area contributed by atoms with Crippen LogP contribution in [-0.4, -0.2) is 25.8 Å². The lowest BCUT2D eigenvalue weighted by atomic mass is 10.1. The number of methoxy groups -OCH3 is 1. The fraction of sp³-hybridized carbons (Fsp3) is 0.300. The summed E-state index contributed by atoms with van der Waals surface area (Å²) in [5.74, 6) is 0.609. The first-order valence-electron chi connectivity index (χ1n) is 8.26. The topological polar surface area (TPSA) is 75.0 Å². The average Bonchev–Trinajstić information content (AvgIpc) is 2.91. The highest BCUT2D eigenvalue weighted by molar-refractivity contribution is 5.90. The molecule has 1 atom stereocenters. The molecule has 26 heavy (non-hydrogen) atoms. The van der Waals surface area contributed by atoms with Crippen molar-refractivity contribution in [2.24, 2.45) is 0 Å². The molecule has 0 N–H and O–H groups in total. The molecule has 6 heteroatoms. The maximum Gasteiger partial charge on any atom is 0.336 e. The van der Waals surface area contributed by atoms with Gasteiger partial charge in [0.2, 0.25) is 5.75 Å². The molecule has 3 rings (SSSR count). The number of cyclic esters (lactones) is 1. The molecule has 0 unspecified atom stereocenters. The fourth-order valence-electron chi connectivity index (χ4n) is 2.78. The average molecular weight is 356 g/mol. The summed E-state index contributed by atoms with van der Waals surface area (Å²) in [4.78, 5) is 22.9. The molecule has 1 aromatic heterocycles. The minimum absolute atomic E-state index is 0.219. The van der Waals surface area contributed by atoms with Crippen LogP contribution < -0.4 is 15.1 Å². The Hall–Kier alpha value is -3.02. The first kappa shape index (κ1) is 17.8. The lowest BCUT2D eigenvalue weighted by Gasteiger charge is -2.12. The van der Waals surface area contributed by atoms with Crippen LogP contribution in [0.4, 0.5) is 0 Å². The molecule has 0 radical (unpaired) electrons. The van der Waals surface area contributed by atoms with Gasteiger partial charge in [-0.3, -0.25) is 0 Å². The molecule has 2 aromatic rings. The van der Waals surface area contributed by atoms with Crippen LogP contribution in [0.25, 0.3) is 11.0 Å². The van der Waals surface area contributed by atoms with Crippen molar-refractivity contribution in [3.8, 4) is 11.5 Å². The predicted molar refractivity (Wildman–Crippen MR) is 96.5 cm³/mol. The Morgan fingerprint density at radius 2 is 2.00 bits per heavy atom. The Morgan fingerprint density at radius 1 is 1.23 bits per heavy atom. The number of carbonyl (C=O) groups excluding carboxylic acids is 1. The molecule has 1 aliphatic rings. The van der Waals surface area contributed by atoms with Crippen LogP contribution in [0.5, 0.6) is 11.5 Å².